The topological polar surface area (TPSA) is 80.0 Å². The average molecular weight is 855 g/mol. The third-order valence-corrected chi connectivity index (χ3v) is 19.1. The van der Waals surface area contributed by atoms with Crippen molar-refractivity contribution in [3.05, 3.63) is 80.7 Å². The molecule has 8 nitrogen and oxygen atoms in total. The first-order chi connectivity index (χ1) is 29.0. The maximum Gasteiger partial charge on any atom is 0.192 e. The molecule has 0 atom stereocenters. The third-order valence-electron chi connectivity index (χ3n) is 17.2. The van der Waals surface area contributed by atoms with Crippen molar-refractivity contribution in [3.8, 4) is 0 Å². The van der Waals surface area contributed by atoms with Gasteiger partial charge in [-0.3, -0.25) is 24.3 Å². The van der Waals surface area contributed by atoms with Gasteiger partial charge in [0.25, 0.3) is 0 Å². The van der Waals surface area contributed by atoms with Crippen LogP contribution in [0.3, 0.4) is 0 Å². The van der Waals surface area contributed by atoms with Crippen molar-refractivity contribution < 1.29 is 9.59 Å². The van der Waals surface area contributed by atoms with Crippen LogP contribution in [0.2, 0.25) is 0 Å². The molecule has 4 saturated heterocycles. The Hall–Kier alpha value is -2.28. The summed E-state index contributed by atoms with van der Waals surface area (Å²) in [7, 11) is 8.25. The molecule has 7 aliphatic rings. The molecular weight excluding hydrogens is 781 g/mol. The highest BCUT2D eigenvalue weighted by atomic mass is 32.1. The quantitative estimate of drug-likeness (QED) is 0.195. The van der Waals surface area contributed by atoms with Crippen molar-refractivity contribution in [3.63, 3.8) is 0 Å². The van der Waals surface area contributed by atoms with E-state index in [1.54, 1.807) is 16.2 Å². The highest BCUT2D eigenvalue weighted by Gasteiger charge is 2.52. The molecule has 328 valence electrons. The third kappa shape index (κ3) is 8.67. The maximum absolute atomic E-state index is 13.1. The molecule has 10 heteroatoms. The number of hydrogen-bond acceptors (Lipinski definition) is 10. The summed E-state index contributed by atoms with van der Waals surface area (Å²) < 4.78 is 0. The smallest absolute Gasteiger partial charge is 0.192 e. The Morgan fingerprint density at radius 2 is 1.00 bits per heavy atom. The Bertz CT molecular complexity index is 1810. The van der Waals surface area contributed by atoms with E-state index in [-0.39, 0.29) is 11.1 Å². The number of likely N-dealkylation sites (N-methyl/N-ethyl adjacent to an activating group) is 2. The number of nitrogens with one attached hydrogen (secondary N) is 3. The summed E-state index contributed by atoms with van der Waals surface area (Å²) in [5.74, 6) is 0.632. The van der Waals surface area contributed by atoms with Gasteiger partial charge in [-0.25, -0.2) is 0 Å². The van der Waals surface area contributed by atoms with E-state index in [1.165, 1.54) is 90.4 Å². The second-order valence-electron chi connectivity index (χ2n) is 20.5. The summed E-state index contributed by atoms with van der Waals surface area (Å²) in [6, 6.07) is 18.4. The van der Waals surface area contributed by atoms with Crippen molar-refractivity contribution in [2.24, 2.45) is 16.2 Å². The van der Waals surface area contributed by atoms with Crippen molar-refractivity contribution in [1.29, 1.82) is 0 Å². The number of hydrogen-bond donors (Lipinski definition) is 3. The van der Waals surface area contributed by atoms with Gasteiger partial charge >= 0.3 is 0 Å². The summed E-state index contributed by atoms with van der Waals surface area (Å²) in [4.78, 5) is 35.7. The molecule has 0 radical (unpaired) electrons. The second-order valence-corrected chi connectivity index (χ2v) is 22.4. The number of thiophene rings is 2. The first kappa shape index (κ1) is 44.3. The van der Waals surface area contributed by atoms with E-state index >= 15 is 0 Å². The van der Waals surface area contributed by atoms with Gasteiger partial charge in [0.15, 0.2) is 11.6 Å². The second kappa shape index (κ2) is 18.4. The van der Waals surface area contributed by atoms with E-state index < -0.39 is 0 Å². The van der Waals surface area contributed by atoms with E-state index in [4.69, 9.17) is 0 Å². The minimum atomic E-state index is -0.310. The molecule has 1 aromatic carbocycles. The van der Waals surface area contributed by atoms with Gasteiger partial charge in [-0.05, 0) is 190 Å². The minimum absolute atomic E-state index is 0.279. The van der Waals surface area contributed by atoms with Gasteiger partial charge < -0.3 is 16.0 Å². The van der Waals surface area contributed by atoms with E-state index in [0.29, 0.717) is 33.4 Å². The molecule has 3 spiro atoms. The summed E-state index contributed by atoms with van der Waals surface area (Å²) in [5, 5.41) is 14.9. The predicted molar refractivity (Wildman–Crippen MR) is 250 cm³/mol. The highest BCUT2D eigenvalue weighted by molar-refractivity contribution is 7.12. The van der Waals surface area contributed by atoms with E-state index in [9.17, 15) is 9.59 Å². The molecule has 0 amide bonds. The Morgan fingerprint density at radius 1 is 0.533 bits per heavy atom. The van der Waals surface area contributed by atoms with Gasteiger partial charge in [0.1, 0.15) is 0 Å². The summed E-state index contributed by atoms with van der Waals surface area (Å²) >= 11 is 3.56. The number of nitrogens with zero attached hydrogens (tertiary/aromatic N) is 3. The van der Waals surface area contributed by atoms with Crippen molar-refractivity contribution >= 4 is 34.2 Å². The number of rotatable bonds is 8. The number of carbonyl (C=O) groups excluding carboxylic acids is 2. The fourth-order valence-electron chi connectivity index (χ4n) is 12.5. The molecule has 3 aromatic rings. The van der Waals surface area contributed by atoms with Gasteiger partial charge in [-0.2, -0.15) is 0 Å². The summed E-state index contributed by atoms with van der Waals surface area (Å²) in [6.07, 6.45) is 19.6. The molecule has 4 aliphatic heterocycles. The first-order valence-corrected chi connectivity index (χ1v) is 25.2. The Balaban J connectivity index is 0.000000125. The summed E-state index contributed by atoms with van der Waals surface area (Å²) in [5.41, 5.74) is 2.23. The van der Waals surface area contributed by atoms with Crippen LogP contribution in [0.25, 0.3) is 0 Å². The van der Waals surface area contributed by atoms with Crippen molar-refractivity contribution in [1.82, 2.24) is 30.7 Å². The molecule has 2 aromatic heterocycles. The van der Waals surface area contributed by atoms with E-state index in [0.717, 1.165) is 75.1 Å². The largest absolute Gasteiger partial charge is 0.316 e. The molecule has 3 aliphatic carbocycles. The number of ketones is 2. The van der Waals surface area contributed by atoms with Gasteiger partial charge in [0, 0.05) is 43.2 Å². The average Bonchev–Trinajstić information content (AvgIpc) is 4.12. The van der Waals surface area contributed by atoms with Gasteiger partial charge in [-0.15, -0.1) is 22.7 Å². The Labute approximate surface area is 369 Å². The lowest BCUT2D eigenvalue weighted by molar-refractivity contribution is -0.0273. The number of Topliss-reactive ketones (excluding diaryl/α,β-unsaturated/α-hetero) is 2. The molecule has 3 saturated carbocycles. The van der Waals surface area contributed by atoms with Crippen LogP contribution in [0.1, 0.15) is 128 Å². The Kier molecular flexibility index (Phi) is 13.6. The van der Waals surface area contributed by atoms with Gasteiger partial charge in [0.05, 0.1) is 21.5 Å². The van der Waals surface area contributed by atoms with E-state index in [2.05, 4.69) is 76.4 Å². The van der Waals surface area contributed by atoms with Gasteiger partial charge in [-0.1, -0.05) is 42.5 Å². The van der Waals surface area contributed by atoms with Crippen LogP contribution in [0, 0.1) is 16.2 Å². The molecule has 10 rings (SSSR count). The van der Waals surface area contributed by atoms with Crippen LogP contribution in [0.15, 0.2) is 65.4 Å². The molecule has 60 heavy (non-hydrogen) atoms. The standard InChI is InChI=1S/C18H26N2O.C16H24N2OS.C16H24N2S/c1-20(2)18(16(21)15-6-4-3-5-7-15)10-8-17(9-11-18)12-13-19-14-17;1-18(2)16(14(19)13-4-3-11-20-13)7-5-15(6-8-16)9-10-17-12-15;1-3-14(19-12-1)16(18-10-2-11-18)6-4-15(5-7-16)8-9-17-13-15/h3-7,19H,8-14H2,1-2H3;3-4,11,17H,5-10,12H2,1-2H3;1,3,12,17H,2,4-11,13H2. The fourth-order valence-corrected chi connectivity index (χ4v) is 14.3. The SMILES string of the molecule is CN(C)C1(C(=O)c2ccccc2)CCC2(CCNC2)CC1.CN(C)C1(C(=O)c2cccs2)CCC2(CCNC2)CC1.c1csc(C2(N3CCC3)CCC3(CCNC3)CC2)c1. The number of benzene rings is 1. The van der Waals surface area contributed by atoms with Crippen molar-refractivity contribution in [2.45, 2.75) is 119 Å². The summed E-state index contributed by atoms with van der Waals surface area (Å²) in [6.45, 7) is 9.73. The zero-order chi connectivity index (χ0) is 41.9. The molecule has 0 bridgehead atoms. The van der Waals surface area contributed by atoms with Crippen LogP contribution in [-0.2, 0) is 5.54 Å². The lowest BCUT2D eigenvalue weighted by Crippen LogP contribution is -2.55. The minimum Gasteiger partial charge on any atom is -0.316 e. The monoisotopic (exact) mass is 855 g/mol. The molecular formula is C50H74N6O2S2. The lowest BCUT2D eigenvalue weighted by Gasteiger charge is -2.53. The van der Waals surface area contributed by atoms with Crippen LogP contribution in [0.4, 0.5) is 0 Å². The molecule has 0 unspecified atom stereocenters. The highest BCUT2D eigenvalue weighted by Crippen LogP contribution is 2.53. The van der Waals surface area contributed by atoms with Crippen molar-refractivity contribution in [2.75, 3.05) is 80.5 Å². The predicted octanol–water partition coefficient (Wildman–Crippen LogP) is 8.71. The first-order valence-electron chi connectivity index (χ1n) is 23.4. The maximum atomic E-state index is 13.1. The van der Waals surface area contributed by atoms with Gasteiger partial charge in [0.2, 0.25) is 0 Å². The normalized spacial score (nSPS) is 35.3. The van der Waals surface area contributed by atoms with Crippen LogP contribution in [0.5, 0.6) is 0 Å². The number of carbonyl (C=O) groups is 2. The zero-order valence-corrected chi connectivity index (χ0v) is 38.9. The lowest BCUT2D eigenvalue weighted by atomic mass is 9.64. The van der Waals surface area contributed by atoms with Crippen LogP contribution < -0.4 is 16.0 Å². The molecule has 7 fully saturated rings. The zero-order valence-electron chi connectivity index (χ0n) is 37.3. The fraction of sp³-hybridized carbons (Fsp3) is 0.680. The number of likely N-dealkylation sites (tertiary alicyclic amines) is 1. The van der Waals surface area contributed by atoms with Crippen LogP contribution >= 0.6 is 22.7 Å². The molecule has 3 N–H and O–H groups in total. The Morgan fingerprint density at radius 3 is 1.38 bits per heavy atom. The van der Waals surface area contributed by atoms with Crippen LogP contribution in [-0.4, -0.2) is 118 Å². The molecule has 6 heterocycles. The van der Waals surface area contributed by atoms with E-state index in [1.807, 2.05) is 59.2 Å².